The second-order valence-electron chi connectivity index (χ2n) is 5.48. The maximum Gasteiger partial charge on any atom is 0.238 e. The predicted molar refractivity (Wildman–Crippen MR) is 105 cm³/mol. The molecule has 0 saturated carbocycles. The molecule has 0 spiro atoms. The lowest BCUT2D eigenvalue weighted by Crippen LogP contribution is -2.23. The molecule has 1 amide bonds. The molecule has 0 radical (unpaired) electrons. The Kier molecular flexibility index (Phi) is 5.80. The first-order chi connectivity index (χ1) is 12.4. The zero-order chi connectivity index (χ0) is 18.7. The first kappa shape index (κ1) is 18.7. The molecule has 0 saturated heterocycles. The largest absolute Gasteiger partial charge is 0.310 e. The highest BCUT2D eigenvalue weighted by Gasteiger charge is 2.19. The van der Waals surface area contributed by atoms with E-state index in [0.717, 1.165) is 5.56 Å². The van der Waals surface area contributed by atoms with Crippen LogP contribution in [0.1, 0.15) is 6.92 Å². The quantitative estimate of drug-likeness (QED) is 0.638. The summed E-state index contributed by atoms with van der Waals surface area (Å²) in [4.78, 5) is 16.4. The van der Waals surface area contributed by atoms with Gasteiger partial charge in [0.25, 0.3) is 0 Å². The Morgan fingerprint density at radius 1 is 1.12 bits per heavy atom. The maximum atomic E-state index is 12.4. The molecular formula is C17H15Cl2N5OS. The van der Waals surface area contributed by atoms with E-state index in [1.807, 2.05) is 23.7 Å². The van der Waals surface area contributed by atoms with Gasteiger partial charge in [-0.25, -0.2) is 4.98 Å². The molecule has 3 rings (SSSR count). The highest BCUT2D eigenvalue weighted by molar-refractivity contribution is 8.00. The van der Waals surface area contributed by atoms with Crippen molar-refractivity contribution in [1.29, 1.82) is 0 Å². The number of halogens is 2. The summed E-state index contributed by atoms with van der Waals surface area (Å²) in [6.07, 6.45) is 1.48. The van der Waals surface area contributed by atoms with Gasteiger partial charge in [0.2, 0.25) is 5.91 Å². The van der Waals surface area contributed by atoms with Crippen molar-refractivity contribution in [2.45, 2.75) is 17.3 Å². The van der Waals surface area contributed by atoms with Gasteiger partial charge in [-0.15, -0.1) is 10.2 Å². The Morgan fingerprint density at radius 2 is 1.81 bits per heavy atom. The summed E-state index contributed by atoms with van der Waals surface area (Å²) in [5, 5.41) is 12.6. The van der Waals surface area contributed by atoms with Crippen LogP contribution >= 0.6 is 35.0 Å². The number of hydrogen-bond acceptors (Lipinski definition) is 5. The monoisotopic (exact) mass is 407 g/mol. The molecule has 2 heterocycles. The maximum absolute atomic E-state index is 12.4. The fourth-order valence-electron chi connectivity index (χ4n) is 2.16. The smallest absolute Gasteiger partial charge is 0.238 e. The number of hydrogen-bond donors (Lipinski definition) is 1. The van der Waals surface area contributed by atoms with Crippen LogP contribution in [0, 0.1) is 0 Å². The average molecular weight is 408 g/mol. The molecule has 1 atom stereocenters. The Balaban J connectivity index is 1.69. The van der Waals surface area contributed by atoms with Crippen LogP contribution in [0.2, 0.25) is 10.0 Å². The Bertz CT molecular complexity index is 912. The van der Waals surface area contributed by atoms with Crippen molar-refractivity contribution in [2.24, 2.45) is 7.05 Å². The number of nitrogens with zero attached hydrogens (tertiary/aromatic N) is 4. The minimum Gasteiger partial charge on any atom is -0.310 e. The summed E-state index contributed by atoms with van der Waals surface area (Å²) >= 11 is 13.0. The van der Waals surface area contributed by atoms with Crippen LogP contribution in [0.5, 0.6) is 0 Å². The van der Waals surface area contributed by atoms with Crippen LogP contribution in [-0.2, 0) is 11.8 Å². The van der Waals surface area contributed by atoms with Gasteiger partial charge in [0.05, 0.1) is 10.3 Å². The van der Waals surface area contributed by atoms with Crippen molar-refractivity contribution >= 4 is 46.7 Å². The Hall–Kier alpha value is -2.09. The lowest BCUT2D eigenvalue weighted by Gasteiger charge is -2.11. The van der Waals surface area contributed by atoms with E-state index < -0.39 is 0 Å². The van der Waals surface area contributed by atoms with Crippen LogP contribution in [0.25, 0.3) is 11.4 Å². The minimum absolute atomic E-state index is 0.180. The van der Waals surface area contributed by atoms with Crippen LogP contribution in [0.4, 0.5) is 5.82 Å². The zero-order valence-corrected chi connectivity index (χ0v) is 16.3. The van der Waals surface area contributed by atoms with E-state index in [2.05, 4.69) is 20.5 Å². The highest BCUT2D eigenvalue weighted by atomic mass is 35.5. The van der Waals surface area contributed by atoms with Gasteiger partial charge in [0, 0.05) is 23.8 Å². The molecule has 1 aromatic carbocycles. The fourth-order valence-corrected chi connectivity index (χ4v) is 3.21. The number of anilines is 1. The topological polar surface area (TPSA) is 72.7 Å². The molecular weight excluding hydrogens is 393 g/mol. The summed E-state index contributed by atoms with van der Waals surface area (Å²) in [6, 6.07) is 10.7. The number of carbonyl (C=O) groups excluding carboxylic acids is 1. The molecule has 26 heavy (non-hydrogen) atoms. The first-order valence-corrected chi connectivity index (χ1v) is 9.32. The van der Waals surface area contributed by atoms with E-state index in [0.29, 0.717) is 26.8 Å². The summed E-state index contributed by atoms with van der Waals surface area (Å²) in [7, 11) is 1.86. The summed E-state index contributed by atoms with van der Waals surface area (Å²) in [5.74, 6) is 0.976. The number of pyridine rings is 1. The van der Waals surface area contributed by atoms with E-state index in [4.69, 9.17) is 23.2 Å². The number of carbonyl (C=O) groups is 1. The molecule has 1 unspecified atom stereocenters. The van der Waals surface area contributed by atoms with Crippen molar-refractivity contribution in [1.82, 2.24) is 19.7 Å². The predicted octanol–water partition coefficient (Wildman–Crippen LogP) is 4.30. The van der Waals surface area contributed by atoms with Gasteiger partial charge in [-0.2, -0.15) is 0 Å². The molecule has 0 bridgehead atoms. The number of thioether (sulfide) groups is 1. The van der Waals surface area contributed by atoms with E-state index in [1.165, 1.54) is 18.0 Å². The van der Waals surface area contributed by atoms with Crippen LogP contribution in [0.15, 0.2) is 47.8 Å². The molecule has 1 N–H and O–H groups in total. The lowest BCUT2D eigenvalue weighted by molar-refractivity contribution is -0.115. The molecule has 0 aliphatic heterocycles. The number of nitrogens with one attached hydrogen (secondary N) is 1. The van der Waals surface area contributed by atoms with Gasteiger partial charge in [-0.3, -0.25) is 4.79 Å². The summed E-state index contributed by atoms with van der Waals surface area (Å²) in [6.45, 7) is 1.80. The van der Waals surface area contributed by atoms with Crippen molar-refractivity contribution < 1.29 is 4.79 Å². The van der Waals surface area contributed by atoms with Gasteiger partial charge in [-0.1, -0.05) is 35.0 Å². The molecule has 134 valence electrons. The minimum atomic E-state index is -0.381. The van der Waals surface area contributed by atoms with Gasteiger partial charge in [0.15, 0.2) is 11.0 Å². The molecule has 9 heteroatoms. The molecule has 0 aliphatic rings. The number of benzene rings is 1. The van der Waals surface area contributed by atoms with Crippen LogP contribution in [-0.4, -0.2) is 30.9 Å². The fraction of sp³-hybridized carbons (Fsp3) is 0.176. The SMILES string of the molecule is CC(Sc1nnc(-c2ccc(Cl)cc2)n1C)C(=O)Nc1ccc(Cl)cn1. The van der Waals surface area contributed by atoms with E-state index in [9.17, 15) is 4.79 Å². The van der Waals surface area contributed by atoms with Gasteiger partial charge < -0.3 is 9.88 Å². The number of aromatic nitrogens is 4. The normalized spacial score (nSPS) is 12.0. The van der Waals surface area contributed by atoms with E-state index >= 15 is 0 Å². The highest BCUT2D eigenvalue weighted by Crippen LogP contribution is 2.27. The van der Waals surface area contributed by atoms with E-state index in [-0.39, 0.29) is 11.2 Å². The zero-order valence-electron chi connectivity index (χ0n) is 14.0. The third-order valence-electron chi connectivity index (χ3n) is 3.57. The molecule has 0 aliphatic carbocycles. The summed E-state index contributed by atoms with van der Waals surface area (Å²) < 4.78 is 1.85. The number of amides is 1. The second kappa shape index (κ2) is 8.07. The molecule has 3 aromatic rings. The Morgan fingerprint density at radius 3 is 2.46 bits per heavy atom. The van der Waals surface area contributed by atoms with Crippen LogP contribution < -0.4 is 5.32 Å². The van der Waals surface area contributed by atoms with Crippen LogP contribution in [0.3, 0.4) is 0 Å². The lowest BCUT2D eigenvalue weighted by atomic mass is 10.2. The second-order valence-corrected chi connectivity index (χ2v) is 7.66. The molecule has 0 fully saturated rings. The number of rotatable bonds is 5. The van der Waals surface area contributed by atoms with Crippen molar-refractivity contribution in [3.8, 4) is 11.4 Å². The van der Waals surface area contributed by atoms with E-state index in [1.54, 1.807) is 31.2 Å². The van der Waals surface area contributed by atoms with Gasteiger partial charge in [-0.05, 0) is 43.3 Å². The third kappa shape index (κ3) is 4.35. The Labute approximate surface area is 164 Å². The van der Waals surface area contributed by atoms with Crippen molar-refractivity contribution in [3.63, 3.8) is 0 Å². The van der Waals surface area contributed by atoms with Crippen molar-refractivity contribution in [3.05, 3.63) is 52.6 Å². The molecule has 6 nitrogen and oxygen atoms in total. The van der Waals surface area contributed by atoms with Gasteiger partial charge >= 0.3 is 0 Å². The summed E-state index contributed by atoms with van der Waals surface area (Å²) in [5.41, 5.74) is 0.902. The standard InChI is InChI=1S/C17H15Cl2N5OS/c1-10(16(25)21-14-8-7-13(19)9-20-14)26-17-23-22-15(24(17)2)11-3-5-12(18)6-4-11/h3-10H,1-2H3,(H,20,21,25). The van der Waals surface area contributed by atoms with Crippen molar-refractivity contribution in [2.75, 3.05) is 5.32 Å². The average Bonchev–Trinajstić information content (AvgIpc) is 2.98. The van der Waals surface area contributed by atoms with Gasteiger partial charge in [0.1, 0.15) is 5.82 Å². The molecule has 2 aromatic heterocycles. The first-order valence-electron chi connectivity index (χ1n) is 7.68. The third-order valence-corrected chi connectivity index (χ3v) is 5.18.